The van der Waals surface area contributed by atoms with Gasteiger partial charge < -0.3 is 9.16 Å². The molecule has 3 fully saturated rings. The van der Waals surface area contributed by atoms with Crippen LogP contribution in [0.2, 0.25) is 18.1 Å². The third kappa shape index (κ3) is 3.54. The van der Waals surface area contributed by atoms with Gasteiger partial charge in [0.25, 0.3) is 0 Å². The highest BCUT2D eigenvalue weighted by atomic mass is 28.4. The van der Waals surface area contributed by atoms with Gasteiger partial charge in [-0.3, -0.25) is 4.79 Å². The fraction of sp³-hybridized carbons (Fsp3) is 0.889. The quantitative estimate of drug-likeness (QED) is 0.310. The number of carbonyl (C=O) groups is 1. The Hall–Kier alpha value is -0.453. The number of methoxy groups -OCH3 is 1. The van der Waals surface area contributed by atoms with Crippen molar-refractivity contribution in [1.82, 2.24) is 0 Å². The second kappa shape index (κ2) is 8.72. The summed E-state index contributed by atoms with van der Waals surface area (Å²) in [6.45, 7) is 20.4. The van der Waals surface area contributed by atoms with Crippen LogP contribution < -0.4 is 0 Å². The molecule has 0 N–H and O–H groups in total. The van der Waals surface area contributed by atoms with Crippen LogP contribution >= 0.6 is 0 Å². The van der Waals surface area contributed by atoms with E-state index in [1.165, 1.54) is 6.42 Å². The first-order valence-corrected chi connectivity index (χ1v) is 15.5. The summed E-state index contributed by atoms with van der Waals surface area (Å²) in [4.78, 5) is 14.3. The molecule has 0 aromatic rings. The molecule has 178 valence electrons. The third-order valence-corrected chi connectivity index (χ3v) is 15.5. The van der Waals surface area contributed by atoms with Crippen LogP contribution in [-0.2, 0) is 14.0 Å². The number of rotatable bonds is 7. The topological polar surface area (TPSA) is 35.5 Å². The van der Waals surface area contributed by atoms with Crippen molar-refractivity contribution in [3.05, 3.63) is 12.7 Å². The number of carbonyl (C=O) groups excluding carboxylic acids is 1. The Labute approximate surface area is 192 Å². The zero-order valence-corrected chi connectivity index (χ0v) is 22.6. The van der Waals surface area contributed by atoms with Gasteiger partial charge in [-0.25, -0.2) is 0 Å². The van der Waals surface area contributed by atoms with E-state index in [4.69, 9.17) is 9.16 Å². The maximum Gasteiger partial charge on any atom is 0.192 e. The Morgan fingerprint density at radius 3 is 2.19 bits per heavy atom. The number of hydrogen-bond donors (Lipinski definition) is 0. The van der Waals surface area contributed by atoms with Crippen LogP contribution in [0.3, 0.4) is 0 Å². The highest BCUT2D eigenvalue weighted by molar-refractivity contribution is 6.73. The summed E-state index contributed by atoms with van der Waals surface area (Å²) in [7, 11) is -0.00974. The van der Waals surface area contributed by atoms with Gasteiger partial charge in [-0.05, 0) is 79.8 Å². The second-order valence-corrected chi connectivity index (χ2v) is 16.3. The zero-order valence-electron chi connectivity index (χ0n) is 21.6. The smallest absolute Gasteiger partial charge is 0.192 e. The summed E-state index contributed by atoms with van der Waals surface area (Å²) in [6.07, 6.45) is 7.59. The van der Waals surface area contributed by atoms with Gasteiger partial charge in [0, 0.05) is 13.0 Å². The van der Waals surface area contributed by atoms with Crippen molar-refractivity contribution >= 4 is 14.1 Å². The Balaban J connectivity index is 2.18. The van der Waals surface area contributed by atoms with Gasteiger partial charge >= 0.3 is 0 Å². The molecule has 0 amide bonds. The molecule has 0 spiro atoms. The summed E-state index contributed by atoms with van der Waals surface area (Å²) in [5, 5.41) is 0. The van der Waals surface area contributed by atoms with E-state index in [0.717, 1.165) is 43.8 Å². The standard InChI is InChI=1S/C27H48O3Si/c1-10-25(7)22(30-31(11-2,12-3)13-4)18-26(8)19(5)14-16-27(20(6)24(25)28)17-15-21(29-9)23(26)27/h10,19-23H,1,11-18H2,2-9H3/t19-,20+,21-,22+,23+,25+,26-,27+/m1/s1. The largest absolute Gasteiger partial charge is 0.413 e. The molecule has 0 saturated heterocycles. The fourth-order valence-corrected chi connectivity index (χ4v) is 11.0. The summed E-state index contributed by atoms with van der Waals surface area (Å²) in [5.41, 5.74) is -0.462. The van der Waals surface area contributed by atoms with E-state index in [2.05, 4.69) is 55.0 Å². The summed E-state index contributed by atoms with van der Waals surface area (Å²) in [6, 6.07) is 3.31. The lowest BCUT2D eigenvalue weighted by Crippen LogP contribution is -2.62. The van der Waals surface area contributed by atoms with Gasteiger partial charge in [-0.15, -0.1) is 6.58 Å². The SMILES string of the molecule is C=C[C@]1(C)C(=O)[C@H](C)[C@@]23CC[C@@H](C)[C@@](C)(C[C@@H]1O[Si](CC)(CC)CC)[C@@H]2[C@H](OC)CC3. The first-order chi connectivity index (χ1) is 14.5. The first kappa shape index (κ1) is 25.2. The molecule has 0 aromatic heterocycles. The normalized spacial score (nSPS) is 45.7. The van der Waals surface area contributed by atoms with Crippen LogP contribution in [0.25, 0.3) is 0 Å². The van der Waals surface area contributed by atoms with Gasteiger partial charge in [0.05, 0.1) is 17.6 Å². The molecule has 0 aliphatic heterocycles. The molecule has 3 aliphatic carbocycles. The molecule has 8 atom stereocenters. The first-order valence-electron chi connectivity index (χ1n) is 12.9. The van der Waals surface area contributed by atoms with E-state index < -0.39 is 13.7 Å². The van der Waals surface area contributed by atoms with Crippen LogP contribution in [0.5, 0.6) is 0 Å². The summed E-state index contributed by atoms with van der Waals surface area (Å²) >= 11 is 0. The van der Waals surface area contributed by atoms with Crippen molar-refractivity contribution in [3.8, 4) is 0 Å². The molecule has 0 radical (unpaired) electrons. The zero-order chi connectivity index (χ0) is 23.2. The van der Waals surface area contributed by atoms with Crippen LogP contribution in [0.1, 0.15) is 80.6 Å². The van der Waals surface area contributed by atoms with Gasteiger partial charge in [0.1, 0.15) is 5.78 Å². The lowest BCUT2D eigenvalue weighted by atomic mass is 9.44. The monoisotopic (exact) mass is 448 g/mol. The minimum absolute atomic E-state index is 0.0137. The number of ether oxygens (including phenoxy) is 1. The molecule has 0 aromatic carbocycles. The van der Waals surface area contributed by atoms with Crippen LogP contribution in [-0.4, -0.2) is 33.4 Å². The van der Waals surface area contributed by atoms with Crippen LogP contribution in [0.15, 0.2) is 12.7 Å². The van der Waals surface area contributed by atoms with Crippen molar-refractivity contribution < 1.29 is 14.0 Å². The number of Topliss-reactive ketones (excluding diaryl/α,β-unsaturated/α-hetero) is 1. The van der Waals surface area contributed by atoms with Gasteiger partial charge in [-0.2, -0.15) is 0 Å². The van der Waals surface area contributed by atoms with E-state index in [1.807, 2.05) is 13.2 Å². The minimum atomic E-state index is -1.89. The molecule has 4 heteroatoms. The van der Waals surface area contributed by atoms with Crippen molar-refractivity contribution in [1.29, 1.82) is 0 Å². The molecule has 3 rings (SSSR count). The summed E-state index contributed by atoms with van der Waals surface area (Å²) in [5.74, 6) is 1.40. The van der Waals surface area contributed by atoms with Gasteiger partial charge in [-0.1, -0.05) is 47.6 Å². The Morgan fingerprint density at radius 1 is 1.10 bits per heavy atom. The maximum absolute atomic E-state index is 14.3. The molecule has 31 heavy (non-hydrogen) atoms. The molecule has 3 nitrogen and oxygen atoms in total. The third-order valence-electron chi connectivity index (χ3n) is 10.9. The molecular weight excluding hydrogens is 400 g/mol. The Kier molecular flexibility index (Phi) is 7.08. The average Bonchev–Trinajstić information content (AvgIpc) is 3.18. The molecule has 0 unspecified atom stereocenters. The molecule has 2 bridgehead atoms. The average molecular weight is 449 g/mol. The Bertz CT molecular complexity index is 680. The van der Waals surface area contributed by atoms with E-state index >= 15 is 0 Å². The maximum atomic E-state index is 14.3. The fourth-order valence-electron chi connectivity index (χ4n) is 8.07. The minimum Gasteiger partial charge on any atom is -0.413 e. The molecule has 3 aliphatic rings. The number of hydrogen-bond acceptors (Lipinski definition) is 3. The second-order valence-electron chi connectivity index (χ2n) is 11.6. The molecule has 3 saturated carbocycles. The predicted molar refractivity (Wildman–Crippen MR) is 132 cm³/mol. The van der Waals surface area contributed by atoms with Crippen molar-refractivity contribution in [2.75, 3.05) is 7.11 Å². The van der Waals surface area contributed by atoms with Crippen molar-refractivity contribution in [2.45, 2.75) is 111 Å². The highest BCUT2D eigenvalue weighted by Crippen LogP contribution is 2.68. The Morgan fingerprint density at radius 2 is 1.68 bits per heavy atom. The van der Waals surface area contributed by atoms with Gasteiger partial charge in [0.2, 0.25) is 0 Å². The van der Waals surface area contributed by atoms with E-state index in [0.29, 0.717) is 17.6 Å². The lowest BCUT2D eigenvalue weighted by molar-refractivity contribution is -0.172. The van der Waals surface area contributed by atoms with E-state index in [1.54, 1.807) is 0 Å². The van der Waals surface area contributed by atoms with Crippen molar-refractivity contribution in [3.63, 3.8) is 0 Å². The van der Waals surface area contributed by atoms with Crippen molar-refractivity contribution in [2.24, 2.45) is 34.0 Å². The lowest BCUT2D eigenvalue weighted by Gasteiger charge is -2.61. The number of ketones is 1. The molecular formula is C27H48O3Si. The molecule has 0 heterocycles. The van der Waals surface area contributed by atoms with E-state index in [-0.39, 0.29) is 29.0 Å². The highest BCUT2D eigenvalue weighted by Gasteiger charge is 2.67. The van der Waals surface area contributed by atoms with Crippen LogP contribution in [0, 0.1) is 34.0 Å². The predicted octanol–water partition coefficient (Wildman–Crippen LogP) is 7.03. The van der Waals surface area contributed by atoms with Gasteiger partial charge in [0.15, 0.2) is 8.32 Å². The van der Waals surface area contributed by atoms with E-state index in [9.17, 15) is 4.79 Å². The van der Waals surface area contributed by atoms with Crippen LogP contribution in [0.4, 0.5) is 0 Å². The summed E-state index contributed by atoms with van der Waals surface area (Å²) < 4.78 is 13.3.